The zero-order valence-corrected chi connectivity index (χ0v) is 23.8. The summed E-state index contributed by atoms with van der Waals surface area (Å²) in [6.07, 6.45) is -7.01. The highest BCUT2D eigenvalue weighted by Crippen LogP contribution is 2.32. The van der Waals surface area contributed by atoms with E-state index in [0.717, 1.165) is 5.56 Å². The molecule has 0 spiro atoms. The van der Waals surface area contributed by atoms with Crippen molar-refractivity contribution in [1.29, 1.82) is 0 Å². The molecule has 0 bridgehead atoms. The molecule has 2 unspecified atom stereocenters. The van der Waals surface area contributed by atoms with Crippen LogP contribution in [0.15, 0.2) is 24.3 Å². The Hall–Kier alpha value is -3.03. The van der Waals surface area contributed by atoms with Gasteiger partial charge in [-0.15, -0.1) is 0 Å². The van der Waals surface area contributed by atoms with E-state index in [0.29, 0.717) is 18.6 Å². The fourth-order valence-corrected chi connectivity index (χ4v) is 4.76. The number of nitrogens with two attached hydrogens (primary N) is 2. The summed E-state index contributed by atoms with van der Waals surface area (Å²) in [5, 5.41) is 14.8. The fourth-order valence-electron chi connectivity index (χ4n) is 4.76. The van der Waals surface area contributed by atoms with Crippen molar-refractivity contribution in [3.8, 4) is 5.75 Å². The van der Waals surface area contributed by atoms with Gasteiger partial charge in [0.15, 0.2) is 17.4 Å². The van der Waals surface area contributed by atoms with E-state index in [9.17, 15) is 37.5 Å². The Morgan fingerprint density at radius 2 is 1.76 bits per heavy atom. The van der Waals surface area contributed by atoms with Crippen LogP contribution in [0.25, 0.3) is 0 Å². The van der Waals surface area contributed by atoms with Gasteiger partial charge in [-0.3, -0.25) is 24.5 Å². The van der Waals surface area contributed by atoms with E-state index < -0.39 is 58.8 Å². The Morgan fingerprint density at radius 3 is 2.24 bits per heavy atom. The van der Waals surface area contributed by atoms with Crippen molar-refractivity contribution in [3.63, 3.8) is 0 Å². The number of alkyl halides is 3. The van der Waals surface area contributed by atoms with Crippen LogP contribution in [0.3, 0.4) is 0 Å². The van der Waals surface area contributed by atoms with Gasteiger partial charge in [-0.1, -0.05) is 39.8 Å². The van der Waals surface area contributed by atoms with Crippen molar-refractivity contribution >= 4 is 23.4 Å². The first-order chi connectivity index (χ1) is 18.9. The van der Waals surface area contributed by atoms with Crippen molar-refractivity contribution in [2.75, 3.05) is 13.2 Å². The number of aliphatic hydroxyl groups excluding tert-OH is 1. The normalized spacial score (nSPS) is 19.9. The number of benzene rings is 1. The van der Waals surface area contributed by atoms with Crippen LogP contribution < -0.4 is 26.8 Å². The van der Waals surface area contributed by atoms with Crippen molar-refractivity contribution in [2.24, 2.45) is 22.8 Å². The zero-order valence-electron chi connectivity index (χ0n) is 23.8. The van der Waals surface area contributed by atoms with Crippen LogP contribution in [-0.4, -0.2) is 71.5 Å². The van der Waals surface area contributed by atoms with Gasteiger partial charge in [0.05, 0.1) is 25.1 Å². The van der Waals surface area contributed by atoms with Crippen molar-refractivity contribution in [1.82, 2.24) is 10.6 Å². The van der Waals surface area contributed by atoms with Gasteiger partial charge in [0.25, 0.3) is 0 Å². The lowest BCUT2D eigenvalue weighted by atomic mass is 9.72. The summed E-state index contributed by atoms with van der Waals surface area (Å²) in [5.41, 5.74) is 8.86. The molecule has 7 N–H and O–H groups in total. The molecule has 0 radical (unpaired) electrons. The molecular formula is C28H41F3N4O6. The maximum atomic E-state index is 13.6. The van der Waals surface area contributed by atoms with Gasteiger partial charge >= 0.3 is 6.18 Å². The first-order valence-corrected chi connectivity index (χ1v) is 13.6. The molecule has 1 fully saturated rings. The Labute approximate surface area is 237 Å². The lowest BCUT2D eigenvalue weighted by Gasteiger charge is -2.37. The van der Waals surface area contributed by atoms with Crippen molar-refractivity contribution < 1.29 is 42.2 Å². The number of rotatable bonds is 15. The second-order valence-corrected chi connectivity index (χ2v) is 11.4. The maximum absolute atomic E-state index is 13.6. The number of amides is 2. The molecule has 0 saturated carbocycles. The third kappa shape index (κ3) is 8.49. The maximum Gasteiger partial charge on any atom is 0.416 e. The highest BCUT2D eigenvalue weighted by molar-refractivity contribution is 6.14. The standard InChI is InChI=1S/C28H41F3N4O6/c1-16(2)21(23(38)28(29,30)31)35-25(40)27(12-6-13-34-27)24(39)22(33)26(3,4)19(36)7-5-14-41-18-10-8-17(9-11-18)15-20(32)37/h8-11,16,21-23,34,38H,5-7,12-15,33H2,1-4H3,(H2,32,37)(H,35,40)/t21?,22-,23?,27+/m1/s1. The quantitative estimate of drug-likeness (QED) is 0.152. The average Bonchev–Trinajstić information content (AvgIpc) is 3.39. The molecule has 1 saturated heterocycles. The number of carbonyl (C=O) groups is 4. The molecule has 41 heavy (non-hydrogen) atoms. The Balaban J connectivity index is 2.05. The monoisotopic (exact) mass is 586 g/mol. The van der Waals surface area contributed by atoms with Crippen LogP contribution in [0.1, 0.15) is 58.9 Å². The Kier molecular flexibility index (Phi) is 11.5. The minimum atomic E-state index is -4.98. The van der Waals surface area contributed by atoms with E-state index in [1.807, 2.05) is 0 Å². The zero-order chi connectivity index (χ0) is 31.2. The molecule has 1 aliphatic heterocycles. The van der Waals surface area contributed by atoms with E-state index in [1.54, 1.807) is 24.3 Å². The highest BCUT2D eigenvalue weighted by atomic mass is 19.4. The molecule has 1 aliphatic rings. The molecule has 13 heteroatoms. The number of Topliss-reactive ketones (excluding diaryl/α,β-unsaturated/α-hetero) is 2. The first kappa shape index (κ1) is 34.2. The summed E-state index contributed by atoms with van der Waals surface area (Å²) >= 11 is 0. The number of ketones is 2. The van der Waals surface area contributed by atoms with Crippen molar-refractivity contribution in [3.05, 3.63) is 29.8 Å². The molecule has 1 heterocycles. The number of aliphatic hydroxyl groups is 1. The van der Waals surface area contributed by atoms with E-state index in [4.69, 9.17) is 16.2 Å². The van der Waals surface area contributed by atoms with Gasteiger partial charge in [-0.2, -0.15) is 13.2 Å². The topological polar surface area (TPSA) is 174 Å². The molecule has 10 nitrogen and oxygen atoms in total. The summed E-state index contributed by atoms with van der Waals surface area (Å²) in [7, 11) is 0. The van der Waals surface area contributed by atoms with E-state index in [1.165, 1.54) is 27.7 Å². The third-order valence-electron chi connectivity index (χ3n) is 7.55. The number of halogens is 3. The number of carbonyl (C=O) groups excluding carboxylic acids is 4. The second-order valence-electron chi connectivity index (χ2n) is 11.4. The van der Waals surface area contributed by atoms with Gasteiger partial charge < -0.3 is 26.6 Å². The van der Waals surface area contributed by atoms with Crippen LogP contribution in [0.4, 0.5) is 13.2 Å². The Bertz CT molecular complexity index is 1090. The Morgan fingerprint density at radius 1 is 1.15 bits per heavy atom. The number of ether oxygens (including phenoxy) is 1. The summed E-state index contributed by atoms with van der Waals surface area (Å²) < 4.78 is 45.3. The van der Waals surface area contributed by atoms with Crippen LogP contribution in [0, 0.1) is 11.3 Å². The lowest BCUT2D eigenvalue weighted by molar-refractivity contribution is -0.215. The minimum Gasteiger partial charge on any atom is -0.494 e. The van der Waals surface area contributed by atoms with Gasteiger partial charge in [-0.25, -0.2) is 0 Å². The summed E-state index contributed by atoms with van der Waals surface area (Å²) in [4.78, 5) is 51.1. The highest BCUT2D eigenvalue weighted by Gasteiger charge is 2.55. The van der Waals surface area contributed by atoms with Crippen LogP contribution in [-0.2, 0) is 25.6 Å². The van der Waals surface area contributed by atoms with Crippen LogP contribution in [0.2, 0.25) is 0 Å². The largest absolute Gasteiger partial charge is 0.494 e. The summed E-state index contributed by atoms with van der Waals surface area (Å²) in [6.45, 7) is 6.23. The smallest absolute Gasteiger partial charge is 0.416 e. The SMILES string of the molecule is CC(C)C(NC(=O)[C@@]1(C(=O)[C@@H](N)C(C)(C)C(=O)CCCOc2ccc(CC(N)=O)cc2)CCCN1)C(O)C(F)(F)F. The summed E-state index contributed by atoms with van der Waals surface area (Å²) in [6, 6.07) is 3.63. The molecule has 1 aromatic rings. The molecule has 2 rings (SSSR count). The van der Waals surface area contributed by atoms with Gasteiger partial charge in [-0.05, 0) is 49.4 Å². The molecule has 1 aromatic carbocycles. The molecule has 0 aromatic heterocycles. The van der Waals surface area contributed by atoms with E-state index in [-0.39, 0.29) is 38.2 Å². The lowest BCUT2D eigenvalue weighted by Crippen LogP contribution is -2.68. The molecule has 230 valence electrons. The van der Waals surface area contributed by atoms with Gasteiger partial charge in [0.2, 0.25) is 11.8 Å². The van der Waals surface area contributed by atoms with E-state index in [2.05, 4.69) is 10.6 Å². The average molecular weight is 587 g/mol. The minimum absolute atomic E-state index is 0.0192. The first-order valence-electron chi connectivity index (χ1n) is 13.6. The second kappa shape index (κ2) is 13.8. The van der Waals surface area contributed by atoms with Crippen LogP contribution >= 0.6 is 0 Å². The summed E-state index contributed by atoms with van der Waals surface area (Å²) in [5.74, 6) is -2.89. The van der Waals surface area contributed by atoms with Crippen LogP contribution in [0.5, 0.6) is 5.75 Å². The predicted octanol–water partition coefficient (Wildman–Crippen LogP) is 1.55. The molecule has 4 atom stereocenters. The fraction of sp³-hybridized carbons (Fsp3) is 0.643. The molecule has 2 amide bonds. The van der Waals surface area contributed by atoms with Gasteiger partial charge in [0, 0.05) is 11.8 Å². The molecule has 0 aliphatic carbocycles. The van der Waals surface area contributed by atoms with Crippen molar-refractivity contribution in [2.45, 2.75) is 89.7 Å². The number of hydrogen-bond donors (Lipinski definition) is 5. The number of nitrogens with one attached hydrogen (secondary N) is 2. The predicted molar refractivity (Wildman–Crippen MR) is 145 cm³/mol. The van der Waals surface area contributed by atoms with E-state index >= 15 is 0 Å². The van der Waals surface area contributed by atoms with Gasteiger partial charge in [0.1, 0.15) is 11.5 Å². The number of primary amides is 1. The molecular weight excluding hydrogens is 545 g/mol. The number of hydrogen-bond acceptors (Lipinski definition) is 8. The third-order valence-corrected chi connectivity index (χ3v) is 7.55.